The van der Waals surface area contributed by atoms with E-state index in [1.165, 1.54) is 11.5 Å². The minimum atomic E-state index is -0.0332. The SMILES string of the molecule is Cc1nsc2c(C3CNCCC3=O)ccnc12. The number of carbonyl (C=O) groups is 1. The van der Waals surface area contributed by atoms with Crippen LogP contribution < -0.4 is 5.32 Å². The van der Waals surface area contributed by atoms with Crippen molar-refractivity contribution in [1.29, 1.82) is 0 Å². The Bertz CT molecular complexity index is 578. The Kier molecular flexibility index (Phi) is 2.64. The van der Waals surface area contributed by atoms with E-state index < -0.39 is 0 Å². The third kappa shape index (κ3) is 1.75. The summed E-state index contributed by atoms with van der Waals surface area (Å²) in [6.45, 7) is 3.48. The summed E-state index contributed by atoms with van der Waals surface area (Å²) in [6.07, 6.45) is 2.40. The summed E-state index contributed by atoms with van der Waals surface area (Å²) in [7, 11) is 0. The number of nitrogens with zero attached hydrogens (tertiary/aromatic N) is 2. The fourth-order valence-corrected chi connectivity index (χ4v) is 3.20. The zero-order valence-electron chi connectivity index (χ0n) is 9.56. The molecule has 17 heavy (non-hydrogen) atoms. The predicted octanol–water partition coefficient (Wildman–Crippen LogP) is 1.65. The monoisotopic (exact) mass is 247 g/mol. The van der Waals surface area contributed by atoms with Crippen molar-refractivity contribution in [3.63, 3.8) is 0 Å². The van der Waals surface area contributed by atoms with Gasteiger partial charge in [-0.25, -0.2) is 0 Å². The number of hydrogen-bond donors (Lipinski definition) is 1. The van der Waals surface area contributed by atoms with Gasteiger partial charge in [0.25, 0.3) is 0 Å². The first-order valence-corrected chi connectivity index (χ1v) is 6.49. The van der Waals surface area contributed by atoms with E-state index in [1.807, 2.05) is 13.0 Å². The first-order chi connectivity index (χ1) is 8.27. The molecule has 0 radical (unpaired) electrons. The van der Waals surface area contributed by atoms with Crippen molar-refractivity contribution in [3.05, 3.63) is 23.5 Å². The number of hydrogen-bond acceptors (Lipinski definition) is 5. The fourth-order valence-electron chi connectivity index (χ4n) is 2.28. The number of carbonyl (C=O) groups excluding carboxylic acids is 1. The second-order valence-electron chi connectivity index (χ2n) is 4.32. The minimum absolute atomic E-state index is 0.0332. The Hall–Kier alpha value is -1.33. The van der Waals surface area contributed by atoms with Crippen LogP contribution in [0.5, 0.6) is 0 Å². The maximum atomic E-state index is 12.0. The number of fused-ring (bicyclic) bond motifs is 1. The molecule has 0 saturated carbocycles. The van der Waals surface area contributed by atoms with Crippen molar-refractivity contribution in [1.82, 2.24) is 14.7 Å². The Balaban J connectivity index is 2.13. The topological polar surface area (TPSA) is 54.9 Å². The fraction of sp³-hybridized carbons (Fsp3) is 0.417. The molecular formula is C12H13N3OS. The standard InChI is InChI=1S/C12H13N3OS/c1-7-11-12(17-15-7)8(2-5-14-11)9-6-13-4-3-10(9)16/h2,5,9,13H,3-4,6H2,1H3. The van der Waals surface area contributed by atoms with Crippen molar-refractivity contribution in [2.45, 2.75) is 19.3 Å². The summed E-state index contributed by atoms with van der Waals surface area (Å²) >= 11 is 1.44. The molecule has 2 aromatic heterocycles. The van der Waals surface area contributed by atoms with Crippen LogP contribution in [0.2, 0.25) is 0 Å². The van der Waals surface area contributed by atoms with E-state index >= 15 is 0 Å². The highest BCUT2D eigenvalue weighted by atomic mass is 32.1. The van der Waals surface area contributed by atoms with Crippen LogP contribution >= 0.6 is 11.5 Å². The van der Waals surface area contributed by atoms with Gasteiger partial charge in [0.2, 0.25) is 0 Å². The molecule has 1 unspecified atom stereocenters. The quantitative estimate of drug-likeness (QED) is 0.832. The molecule has 0 aromatic carbocycles. The number of nitrogens with one attached hydrogen (secondary N) is 1. The number of Topliss-reactive ketones (excluding diaryl/α,β-unsaturated/α-hetero) is 1. The summed E-state index contributed by atoms with van der Waals surface area (Å²) in [5.41, 5.74) is 2.96. The second kappa shape index (κ2) is 4.16. The normalized spacial score (nSPS) is 21.0. The summed E-state index contributed by atoms with van der Waals surface area (Å²) in [4.78, 5) is 16.3. The van der Waals surface area contributed by atoms with E-state index in [9.17, 15) is 4.79 Å². The molecular weight excluding hydrogens is 234 g/mol. The van der Waals surface area contributed by atoms with Gasteiger partial charge in [0.1, 0.15) is 11.3 Å². The van der Waals surface area contributed by atoms with Crippen LogP contribution in [0.4, 0.5) is 0 Å². The number of ketones is 1. The first kappa shape index (κ1) is 10.8. The highest BCUT2D eigenvalue weighted by Gasteiger charge is 2.26. The van der Waals surface area contributed by atoms with E-state index in [2.05, 4.69) is 14.7 Å². The van der Waals surface area contributed by atoms with Crippen molar-refractivity contribution < 1.29 is 4.79 Å². The highest BCUT2D eigenvalue weighted by Crippen LogP contribution is 2.30. The molecule has 0 spiro atoms. The summed E-state index contributed by atoms with van der Waals surface area (Å²) in [6, 6.07) is 1.95. The van der Waals surface area contributed by atoms with Gasteiger partial charge in [-0.2, -0.15) is 4.37 Å². The highest BCUT2D eigenvalue weighted by molar-refractivity contribution is 7.13. The van der Waals surface area contributed by atoms with Crippen molar-refractivity contribution >= 4 is 27.5 Å². The lowest BCUT2D eigenvalue weighted by atomic mass is 9.91. The number of rotatable bonds is 1. The summed E-state index contributed by atoms with van der Waals surface area (Å²) < 4.78 is 5.39. The number of aromatic nitrogens is 2. The van der Waals surface area contributed by atoms with E-state index in [0.29, 0.717) is 12.2 Å². The van der Waals surface area contributed by atoms with Gasteiger partial charge in [-0.3, -0.25) is 9.78 Å². The molecule has 3 heterocycles. The van der Waals surface area contributed by atoms with Crippen LogP contribution in [0.1, 0.15) is 23.6 Å². The van der Waals surface area contributed by atoms with Gasteiger partial charge in [0.15, 0.2) is 0 Å². The van der Waals surface area contributed by atoms with Gasteiger partial charge in [0, 0.05) is 25.7 Å². The molecule has 0 amide bonds. The molecule has 0 bridgehead atoms. The third-order valence-corrected chi connectivity index (χ3v) is 4.19. The van der Waals surface area contributed by atoms with Gasteiger partial charge in [-0.15, -0.1) is 0 Å². The van der Waals surface area contributed by atoms with Crippen molar-refractivity contribution in [2.24, 2.45) is 0 Å². The zero-order valence-corrected chi connectivity index (χ0v) is 10.4. The minimum Gasteiger partial charge on any atom is -0.315 e. The first-order valence-electron chi connectivity index (χ1n) is 5.71. The molecule has 1 fully saturated rings. The molecule has 2 aromatic rings. The Morgan fingerprint density at radius 2 is 2.41 bits per heavy atom. The molecule has 1 aliphatic heterocycles. The maximum absolute atomic E-state index is 12.0. The molecule has 0 aliphatic carbocycles. The van der Waals surface area contributed by atoms with Gasteiger partial charge in [0.05, 0.1) is 16.3 Å². The van der Waals surface area contributed by atoms with E-state index in [1.54, 1.807) is 6.20 Å². The molecule has 5 heteroatoms. The van der Waals surface area contributed by atoms with Crippen molar-refractivity contribution in [3.8, 4) is 0 Å². The molecule has 1 aliphatic rings. The molecule has 1 saturated heterocycles. The van der Waals surface area contributed by atoms with Gasteiger partial charge in [-0.1, -0.05) is 0 Å². The Morgan fingerprint density at radius 1 is 1.53 bits per heavy atom. The second-order valence-corrected chi connectivity index (χ2v) is 5.09. The molecule has 4 nitrogen and oxygen atoms in total. The van der Waals surface area contributed by atoms with Crippen LogP contribution in [-0.4, -0.2) is 28.2 Å². The molecule has 88 valence electrons. The predicted molar refractivity (Wildman–Crippen MR) is 67.4 cm³/mol. The average molecular weight is 247 g/mol. The lowest BCUT2D eigenvalue weighted by Gasteiger charge is -2.22. The Labute approximate surface area is 103 Å². The zero-order chi connectivity index (χ0) is 11.8. The lowest BCUT2D eigenvalue weighted by Crippen LogP contribution is -2.35. The van der Waals surface area contributed by atoms with Crippen LogP contribution in [0.3, 0.4) is 0 Å². The maximum Gasteiger partial charge on any atom is 0.142 e. The van der Waals surface area contributed by atoms with E-state index in [0.717, 1.165) is 34.6 Å². The average Bonchev–Trinajstić information content (AvgIpc) is 2.72. The van der Waals surface area contributed by atoms with Crippen LogP contribution in [0, 0.1) is 6.92 Å². The van der Waals surface area contributed by atoms with Crippen LogP contribution in [0.25, 0.3) is 10.2 Å². The van der Waals surface area contributed by atoms with E-state index in [4.69, 9.17) is 0 Å². The lowest BCUT2D eigenvalue weighted by molar-refractivity contribution is -0.121. The van der Waals surface area contributed by atoms with Gasteiger partial charge >= 0.3 is 0 Å². The van der Waals surface area contributed by atoms with Gasteiger partial charge < -0.3 is 5.32 Å². The Morgan fingerprint density at radius 3 is 3.24 bits per heavy atom. The number of pyridine rings is 1. The van der Waals surface area contributed by atoms with Crippen LogP contribution in [0.15, 0.2) is 12.3 Å². The van der Waals surface area contributed by atoms with Gasteiger partial charge in [-0.05, 0) is 30.1 Å². The molecule has 1 atom stereocenters. The summed E-state index contributed by atoms with van der Waals surface area (Å²) in [5, 5.41) is 3.28. The van der Waals surface area contributed by atoms with E-state index in [-0.39, 0.29) is 5.92 Å². The number of piperidine rings is 1. The largest absolute Gasteiger partial charge is 0.315 e. The molecule has 1 N–H and O–H groups in total. The van der Waals surface area contributed by atoms with Crippen molar-refractivity contribution in [2.75, 3.05) is 13.1 Å². The summed E-state index contributed by atoms with van der Waals surface area (Å²) in [5.74, 6) is 0.288. The smallest absolute Gasteiger partial charge is 0.142 e. The number of aryl methyl sites for hydroxylation is 1. The third-order valence-electron chi connectivity index (χ3n) is 3.21. The van der Waals surface area contributed by atoms with Crippen LogP contribution in [-0.2, 0) is 4.79 Å². The molecule has 3 rings (SSSR count).